The molecule has 4 aromatic carbocycles. The summed E-state index contributed by atoms with van der Waals surface area (Å²) in [5.41, 5.74) is 0. The number of fused-ring (bicyclic) bond motifs is 2. The number of rotatable bonds is 11. The average Bonchev–Trinajstić information content (AvgIpc) is 2.93. The molecule has 11 nitrogen and oxygen atoms in total. The number of carboxylic acid groups (broad SMARTS) is 1. The SMILES string of the molecule is O=C(O)[C@H](OS(=O)(=O)c1cccc2ccccc12)[C@@H](OS(=O)(=O)c1ccc2ccccc2c1)[C@H](O)[C@H](O)CO. The van der Waals surface area contributed by atoms with Gasteiger partial charge < -0.3 is 20.4 Å². The zero-order valence-electron chi connectivity index (χ0n) is 20.1. The van der Waals surface area contributed by atoms with E-state index >= 15 is 0 Å². The highest BCUT2D eigenvalue weighted by atomic mass is 32.2. The lowest BCUT2D eigenvalue weighted by molar-refractivity contribution is -0.157. The van der Waals surface area contributed by atoms with Gasteiger partial charge in [-0.05, 0) is 34.4 Å². The summed E-state index contributed by atoms with van der Waals surface area (Å²) in [6.07, 6.45) is -9.65. The first-order valence-corrected chi connectivity index (χ1v) is 14.3. The molecular weight excluding hydrogens is 552 g/mol. The monoisotopic (exact) mass is 576 g/mol. The maximum Gasteiger partial charge on any atom is 0.337 e. The molecule has 4 aromatic rings. The van der Waals surface area contributed by atoms with Gasteiger partial charge in [-0.15, -0.1) is 0 Å². The van der Waals surface area contributed by atoms with E-state index in [9.17, 15) is 42.1 Å². The van der Waals surface area contributed by atoms with Crippen molar-refractivity contribution in [3.63, 3.8) is 0 Å². The lowest BCUT2D eigenvalue weighted by Crippen LogP contribution is -2.52. The van der Waals surface area contributed by atoms with Crippen LogP contribution in [0.4, 0.5) is 0 Å². The van der Waals surface area contributed by atoms with Crippen LogP contribution in [0, 0.1) is 0 Å². The molecular formula is C26H24O11S2. The van der Waals surface area contributed by atoms with Crippen molar-refractivity contribution >= 4 is 47.8 Å². The van der Waals surface area contributed by atoms with Gasteiger partial charge >= 0.3 is 5.97 Å². The lowest BCUT2D eigenvalue weighted by Gasteiger charge is -2.29. The number of aliphatic hydroxyl groups is 3. The molecule has 39 heavy (non-hydrogen) atoms. The number of benzene rings is 4. The van der Waals surface area contributed by atoms with Gasteiger partial charge in [0.25, 0.3) is 20.2 Å². The number of aliphatic carboxylic acids is 1. The summed E-state index contributed by atoms with van der Waals surface area (Å²) in [5.74, 6) is -2.01. The smallest absolute Gasteiger partial charge is 0.337 e. The van der Waals surface area contributed by atoms with Crippen LogP contribution in [0.5, 0.6) is 0 Å². The van der Waals surface area contributed by atoms with E-state index in [0.717, 1.165) is 6.07 Å². The Morgan fingerprint density at radius 1 is 0.744 bits per heavy atom. The first kappa shape index (κ1) is 28.6. The quantitative estimate of drug-likeness (QED) is 0.190. The Balaban J connectivity index is 1.75. The Morgan fingerprint density at radius 3 is 2.03 bits per heavy atom. The topological polar surface area (TPSA) is 185 Å². The summed E-state index contributed by atoms with van der Waals surface area (Å²) < 4.78 is 62.8. The molecule has 0 aromatic heterocycles. The molecule has 13 heteroatoms. The van der Waals surface area contributed by atoms with Crippen LogP contribution in [-0.2, 0) is 33.4 Å². The van der Waals surface area contributed by atoms with Gasteiger partial charge in [-0.2, -0.15) is 16.8 Å². The summed E-state index contributed by atoms with van der Waals surface area (Å²) in [4.78, 5) is 11.4. The fourth-order valence-electron chi connectivity index (χ4n) is 3.98. The molecule has 0 amide bonds. The van der Waals surface area contributed by atoms with Gasteiger partial charge in [-0.25, -0.2) is 8.98 Å². The third-order valence-electron chi connectivity index (χ3n) is 5.96. The van der Waals surface area contributed by atoms with Gasteiger partial charge in [-0.3, -0.25) is 4.18 Å². The maximum atomic E-state index is 13.2. The van der Waals surface area contributed by atoms with E-state index in [-0.39, 0.29) is 5.39 Å². The Bertz CT molecular complexity index is 1710. The number of aliphatic hydroxyl groups excluding tert-OH is 3. The van der Waals surface area contributed by atoms with Crippen molar-refractivity contribution in [3.05, 3.63) is 84.9 Å². The van der Waals surface area contributed by atoms with Crippen molar-refractivity contribution < 1.29 is 50.4 Å². The molecule has 0 spiro atoms. The Labute approximate surface area is 223 Å². The zero-order valence-corrected chi connectivity index (χ0v) is 21.7. The van der Waals surface area contributed by atoms with Gasteiger partial charge in [0.15, 0.2) is 0 Å². The second-order valence-electron chi connectivity index (χ2n) is 8.55. The molecule has 0 radical (unpaired) electrons. The van der Waals surface area contributed by atoms with E-state index in [4.69, 9.17) is 8.37 Å². The molecule has 0 aliphatic rings. The highest BCUT2D eigenvalue weighted by Crippen LogP contribution is 2.29. The lowest BCUT2D eigenvalue weighted by atomic mass is 10.0. The molecule has 0 unspecified atom stereocenters. The van der Waals surface area contributed by atoms with E-state index in [1.54, 1.807) is 48.5 Å². The second-order valence-corrected chi connectivity index (χ2v) is 11.7. The zero-order chi connectivity index (χ0) is 28.4. The number of carbonyl (C=O) groups is 1. The van der Waals surface area contributed by atoms with Crippen LogP contribution >= 0.6 is 0 Å². The van der Waals surface area contributed by atoms with Crippen molar-refractivity contribution in [1.82, 2.24) is 0 Å². The van der Waals surface area contributed by atoms with Crippen LogP contribution in [0.1, 0.15) is 0 Å². The highest BCUT2D eigenvalue weighted by molar-refractivity contribution is 7.87. The van der Waals surface area contributed by atoms with E-state index in [1.807, 2.05) is 0 Å². The van der Waals surface area contributed by atoms with Crippen molar-refractivity contribution in [2.24, 2.45) is 0 Å². The average molecular weight is 577 g/mol. The molecule has 0 saturated heterocycles. The van der Waals surface area contributed by atoms with Gasteiger partial charge in [-0.1, -0.05) is 66.7 Å². The van der Waals surface area contributed by atoms with E-state index < -0.39 is 67.0 Å². The number of hydrogen-bond donors (Lipinski definition) is 4. The summed E-state index contributed by atoms with van der Waals surface area (Å²) in [6.45, 7) is -1.13. The molecule has 0 saturated carbocycles. The van der Waals surface area contributed by atoms with E-state index in [0.29, 0.717) is 16.2 Å². The minimum absolute atomic E-state index is 0.196. The fraction of sp³-hybridized carbons (Fsp3) is 0.192. The molecule has 4 atom stereocenters. The van der Waals surface area contributed by atoms with Crippen LogP contribution in [0.15, 0.2) is 94.7 Å². The van der Waals surface area contributed by atoms with Gasteiger partial charge in [0.05, 0.1) is 11.5 Å². The van der Waals surface area contributed by atoms with Gasteiger partial charge in [0.2, 0.25) is 6.10 Å². The third kappa shape index (κ3) is 6.09. The molecule has 0 aliphatic heterocycles. The molecule has 4 rings (SSSR count). The first-order valence-electron chi connectivity index (χ1n) is 11.5. The summed E-state index contributed by atoms with van der Waals surface area (Å²) in [6, 6.07) is 21.1. The van der Waals surface area contributed by atoms with Crippen LogP contribution < -0.4 is 0 Å². The van der Waals surface area contributed by atoms with Crippen LogP contribution in [0.2, 0.25) is 0 Å². The molecule has 0 aliphatic carbocycles. The van der Waals surface area contributed by atoms with Crippen LogP contribution in [-0.4, -0.2) is 74.3 Å². The van der Waals surface area contributed by atoms with Crippen molar-refractivity contribution in [3.8, 4) is 0 Å². The van der Waals surface area contributed by atoms with Crippen LogP contribution in [0.25, 0.3) is 21.5 Å². The summed E-state index contributed by atoms with van der Waals surface area (Å²) >= 11 is 0. The molecule has 0 bridgehead atoms. The molecule has 0 heterocycles. The largest absolute Gasteiger partial charge is 0.479 e. The second kappa shape index (κ2) is 11.4. The van der Waals surface area contributed by atoms with Gasteiger partial charge in [0, 0.05) is 5.39 Å². The normalized spacial score (nSPS) is 15.6. The summed E-state index contributed by atoms with van der Waals surface area (Å²) in [7, 11) is -9.76. The maximum absolute atomic E-state index is 13.2. The third-order valence-corrected chi connectivity index (χ3v) is 8.62. The Morgan fingerprint density at radius 2 is 1.36 bits per heavy atom. The molecule has 4 N–H and O–H groups in total. The number of hydrogen-bond acceptors (Lipinski definition) is 10. The van der Waals surface area contributed by atoms with Crippen LogP contribution in [0.3, 0.4) is 0 Å². The molecule has 0 fully saturated rings. The van der Waals surface area contributed by atoms with Crippen molar-refractivity contribution in [2.45, 2.75) is 34.2 Å². The van der Waals surface area contributed by atoms with Gasteiger partial charge in [0.1, 0.15) is 23.2 Å². The fourth-order valence-corrected chi connectivity index (χ4v) is 6.37. The predicted octanol–water partition coefficient (Wildman–Crippen LogP) is 1.64. The van der Waals surface area contributed by atoms with E-state index in [1.165, 1.54) is 30.3 Å². The number of carboxylic acids is 1. The summed E-state index contributed by atoms with van der Waals surface area (Å²) in [5, 5.41) is 41.7. The Kier molecular flexibility index (Phi) is 8.32. The van der Waals surface area contributed by atoms with Crippen molar-refractivity contribution in [1.29, 1.82) is 0 Å². The Hall–Kier alpha value is -3.43. The highest BCUT2D eigenvalue weighted by Gasteiger charge is 2.45. The predicted molar refractivity (Wildman–Crippen MR) is 139 cm³/mol. The standard InChI is InChI=1S/C26H24O11S2/c27-15-21(28)23(29)24(36-38(32,33)19-13-12-16-6-1-2-8-18(16)14-19)25(26(30)31)37-39(34,35)22-11-5-9-17-7-3-4-10-20(17)22/h1-14,21,23-25,27-29H,15H2,(H,30,31)/t21-,23-,24+,25-/m1/s1. The van der Waals surface area contributed by atoms with Crippen molar-refractivity contribution in [2.75, 3.05) is 6.61 Å². The minimum Gasteiger partial charge on any atom is -0.479 e. The van der Waals surface area contributed by atoms with E-state index in [2.05, 4.69) is 0 Å². The minimum atomic E-state index is -4.90. The first-order chi connectivity index (χ1) is 18.4. The molecule has 206 valence electrons.